The van der Waals surface area contributed by atoms with Gasteiger partial charge in [0.05, 0.1) is 19.4 Å². The minimum atomic E-state index is -0.507. The van der Waals surface area contributed by atoms with Crippen molar-refractivity contribution in [1.29, 1.82) is 0 Å². The van der Waals surface area contributed by atoms with E-state index in [2.05, 4.69) is 46.1 Å². The highest BCUT2D eigenvalue weighted by molar-refractivity contribution is 5.79. The highest BCUT2D eigenvalue weighted by Crippen LogP contribution is 2.14. The highest BCUT2D eigenvalue weighted by atomic mass is 16.6. The van der Waals surface area contributed by atoms with Crippen LogP contribution in [-0.4, -0.2) is 49.2 Å². The Labute approximate surface area is 191 Å². The van der Waals surface area contributed by atoms with Gasteiger partial charge in [-0.2, -0.15) is 0 Å². The van der Waals surface area contributed by atoms with E-state index in [1.807, 2.05) is 45.9 Å². The molecule has 0 saturated carbocycles. The summed E-state index contributed by atoms with van der Waals surface area (Å²) >= 11 is 0. The Balaban J connectivity index is 1.88. The average molecular weight is 444 g/mol. The number of rotatable bonds is 10. The number of nitrogens with one attached hydrogen (secondary N) is 3. The number of furan rings is 1. The van der Waals surface area contributed by atoms with Crippen LogP contribution in [0, 0.1) is 0 Å². The molecular weight excluding hydrogens is 406 g/mol. The molecule has 8 heteroatoms. The number of nitrogens with zero attached hydrogens (tertiary/aromatic N) is 2. The van der Waals surface area contributed by atoms with Crippen molar-refractivity contribution in [2.75, 3.05) is 26.7 Å². The third-order valence-electron chi connectivity index (χ3n) is 4.40. The maximum absolute atomic E-state index is 11.7. The maximum atomic E-state index is 11.7. The van der Waals surface area contributed by atoms with Crippen molar-refractivity contribution < 1.29 is 13.9 Å². The SMILES string of the molecule is CCNC(=NCc1ccccc1CN(C)Cc1ccco1)NCCNC(=O)OC(C)(C)C. The molecule has 0 bridgehead atoms. The van der Waals surface area contributed by atoms with Crippen LogP contribution >= 0.6 is 0 Å². The number of carbonyl (C=O) groups excluding carboxylic acids is 1. The van der Waals surface area contributed by atoms with Crippen molar-refractivity contribution in [3.8, 4) is 0 Å². The molecule has 0 fully saturated rings. The Morgan fingerprint density at radius 1 is 1.03 bits per heavy atom. The second-order valence-corrected chi connectivity index (χ2v) is 8.57. The number of alkyl carbamates (subject to hydrolysis) is 1. The Morgan fingerprint density at radius 3 is 2.41 bits per heavy atom. The number of hydrogen-bond donors (Lipinski definition) is 3. The van der Waals surface area contributed by atoms with Gasteiger partial charge in [-0.25, -0.2) is 9.79 Å². The van der Waals surface area contributed by atoms with Crippen LogP contribution in [0.2, 0.25) is 0 Å². The third kappa shape index (κ3) is 9.87. The van der Waals surface area contributed by atoms with Gasteiger partial charge in [0.2, 0.25) is 0 Å². The number of hydrogen-bond acceptors (Lipinski definition) is 5. The van der Waals surface area contributed by atoms with Crippen LogP contribution in [0.1, 0.15) is 44.6 Å². The van der Waals surface area contributed by atoms with Crippen LogP contribution < -0.4 is 16.0 Å². The van der Waals surface area contributed by atoms with Crippen LogP contribution in [0.4, 0.5) is 4.79 Å². The minimum Gasteiger partial charge on any atom is -0.468 e. The predicted octanol–water partition coefficient (Wildman–Crippen LogP) is 3.49. The van der Waals surface area contributed by atoms with E-state index in [0.717, 1.165) is 25.4 Å². The van der Waals surface area contributed by atoms with E-state index in [-0.39, 0.29) is 0 Å². The molecular formula is C24H37N5O3. The Kier molecular flexibility index (Phi) is 10.1. The molecule has 0 radical (unpaired) electrons. The zero-order chi connectivity index (χ0) is 23.4. The van der Waals surface area contributed by atoms with Crippen molar-refractivity contribution in [2.24, 2.45) is 4.99 Å². The van der Waals surface area contributed by atoms with Gasteiger partial charge in [0.25, 0.3) is 0 Å². The van der Waals surface area contributed by atoms with Gasteiger partial charge in [-0.05, 0) is 58.0 Å². The quantitative estimate of drug-likeness (QED) is 0.296. The summed E-state index contributed by atoms with van der Waals surface area (Å²) in [5.74, 6) is 1.65. The molecule has 2 rings (SSSR count). The lowest BCUT2D eigenvalue weighted by Gasteiger charge is -2.20. The monoisotopic (exact) mass is 443 g/mol. The fourth-order valence-corrected chi connectivity index (χ4v) is 3.05. The molecule has 32 heavy (non-hydrogen) atoms. The summed E-state index contributed by atoms with van der Waals surface area (Å²) in [5.41, 5.74) is 1.89. The van der Waals surface area contributed by atoms with Gasteiger partial charge < -0.3 is 25.1 Å². The number of benzene rings is 1. The minimum absolute atomic E-state index is 0.422. The van der Waals surface area contributed by atoms with Gasteiger partial charge in [0, 0.05) is 26.2 Å². The first kappa shape index (κ1) is 25.3. The van der Waals surface area contributed by atoms with Crippen LogP contribution in [0.3, 0.4) is 0 Å². The molecule has 0 saturated heterocycles. The molecule has 1 amide bonds. The van der Waals surface area contributed by atoms with E-state index in [1.54, 1.807) is 6.26 Å². The number of ether oxygens (including phenoxy) is 1. The first-order valence-electron chi connectivity index (χ1n) is 11.0. The van der Waals surface area contributed by atoms with Crippen LogP contribution in [0.25, 0.3) is 0 Å². The fraction of sp³-hybridized carbons (Fsp3) is 0.500. The lowest BCUT2D eigenvalue weighted by molar-refractivity contribution is 0.0529. The fourth-order valence-electron chi connectivity index (χ4n) is 3.05. The number of amides is 1. The molecule has 0 aliphatic carbocycles. The Morgan fingerprint density at radius 2 is 1.75 bits per heavy atom. The molecule has 0 aliphatic heterocycles. The maximum Gasteiger partial charge on any atom is 0.407 e. The van der Waals surface area contributed by atoms with E-state index in [4.69, 9.17) is 14.1 Å². The zero-order valence-electron chi connectivity index (χ0n) is 19.9. The first-order valence-corrected chi connectivity index (χ1v) is 11.0. The van der Waals surface area contributed by atoms with Crippen LogP contribution in [-0.2, 0) is 24.4 Å². The standard InChI is InChI=1S/C24H37N5O3/c1-6-25-22(26-13-14-27-23(30)32-24(2,3)4)28-16-19-10-7-8-11-20(19)17-29(5)18-21-12-9-15-31-21/h7-12,15H,6,13-14,16-18H2,1-5H3,(H,27,30)(H2,25,26,28). The van der Waals surface area contributed by atoms with E-state index in [9.17, 15) is 4.79 Å². The van der Waals surface area contributed by atoms with Gasteiger partial charge in [-0.15, -0.1) is 0 Å². The highest BCUT2D eigenvalue weighted by Gasteiger charge is 2.15. The molecule has 1 heterocycles. The zero-order valence-corrected chi connectivity index (χ0v) is 19.9. The smallest absolute Gasteiger partial charge is 0.407 e. The predicted molar refractivity (Wildman–Crippen MR) is 127 cm³/mol. The molecule has 0 atom stereocenters. The number of carbonyl (C=O) groups is 1. The molecule has 1 aromatic heterocycles. The summed E-state index contributed by atoms with van der Waals surface area (Å²) in [4.78, 5) is 18.7. The Bertz CT molecular complexity index is 844. The summed E-state index contributed by atoms with van der Waals surface area (Å²) in [6.07, 6.45) is 1.28. The van der Waals surface area contributed by atoms with Crippen molar-refractivity contribution in [1.82, 2.24) is 20.9 Å². The van der Waals surface area contributed by atoms with Gasteiger partial charge in [-0.1, -0.05) is 24.3 Å². The molecule has 176 valence electrons. The number of aliphatic imine (C=N–C) groups is 1. The summed E-state index contributed by atoms with van der Waals surface area (Å²) in [5, 5.41) is 9.23. The molecule has 1 aromatic carbocycles. The molecule has 3 N–H and O–H groups in total. The lowest BCUT2D eigenvalue weighted by atomic mass is 10.1. The summed E-state index contributed by atoms with van der Waals surface area (Å²) in [6, 6.07) is 12.2. The van der Waals surface area contributed by atoms with E-state index in [0.29, 0.717) is 25.6 Å². The summed E-state index contributed by atoms with van der Waals surface area (Å²) in [7, 11) is 2.08. The normalized spacial score (nSPS) is 12.0. The first-order chi connectivity index (χ1) is 15.3. The van der Waals surface area contributed by atoms with Gasteiger partial charge in [0.15, 0.2) is 5.96 Å². The van der Waals surface area contributed by atoms with Crippen LogP contribution in [0.15, 0.2) is 52.1 Å². The van der Waals surface area contributed by atoms with Crippen LogP contribution in [0.5, 0.6) is 0 Å². The molecule has 0 spiro atoms. The lowest BCUT2D eigenvalue weighted by Crippen LogP contribution is -2.42. The number of guanidine groups is 1. The summed E-state index contributed by atoms with van der Waals surface area (Å²) in [6.45, 7) is 11.4. The Hall–Kier alpha value is -3.00. The van der Waals surface area contributed by atoms with Crippen molar-refractivity contribution >= 4 is 12.1 Å². The molecule has 0 unspecified atom stereocenters. The second-order valence-electron chi connectivity index (χ2n) is 8.57. The van der Waals surface area contributed by atoms with Gasteiger partial charge in [-0.3, -0.25) is 4.90 Å². The van der Waals surface area contributed by atoms with E-state index in [1.165, 1.54) is 11.1 Å². The van der Waals surface area contributed by atoms with E-state index >= 15 is 0 Å². The largest absolute Gasteiger partial charge is 0.468 e. The molecule has 2 aromatic rings. The molecule has 0 aliphatic rings. The van der Waals surface area contributed by atoms with E-state index < -0.39 is 11.7 Å². The average Bonchev–Trinajstić information content (AvgIpc) is 3.21. The third-order valence-corrected chi connectivity index (χ3v) is 4.40. The summed E-state index contributed by atoms with van der Waals surface area (Å²) < 4.78 is 10.7. The second kappa shape index (κ2) is 12.8. The molecule has 8 nitrogen and oxygen atoms in total. The van der Waals surface area contributed by atoms with Crippen molar-refractivity contribution in [3.63, 3.8) is 0 Å². The van der Waals surface area contributed by atoms with Crippen molar-refractivity contribution in [3.05, 3.63) is 59.5 Å². The topological polar surface area (TPSA) is 91.1 Å². The van der Waals surface area contributed by atoms with Gasteiger partial charge >= 0.3 is 6.09 Å². The van der Waals surface area contributed by atoms with Gasteiger partial charge in [0.1, 0.15) is 11.4 Å². The van der Waals surface area contributed by atoms with Crippen molar-refractivity contribution in [2.45, 2.75) is 52.9 Å².